The molecule has 0 amide bonds. The minimum atomic E-state index is 0. The van der Waals surface area contributed by atoms with E-state index in [0.29, 0.717) is 10.8 Å². The highest BCUT2D eigenvalue weighted by atomic mass is 14.3. The normalized spacial score (nSPS) is 11.4. The van der Waals surface area contributed by atoms with Crippen molar-refractivity contribution in [1.29, 1.82) is 0 Å². The molecule has 0 radical (unpaired) electrons. The van der Waals surface area contributed by atoms with E-state index in [2.05, 4.69) is 41.5 Å². The zero-order valence-electron chi connectivity index (χ0n) is 8.41. The standard InChI is InChI=1S/C8H18.2H3N/c1-7(2,3)8(4,5)6;;/h1-6H3;2*1H3. The molecule has 0 heterocycles. The third-order valence-electron chi connectivity index (χ3n) is 2.25. The molecule has 10 heavy (non-hydrogen) atoms. The summed E-state index contributed by atoms with van der Waals surface area (Å²) in [5.41, 5.74) is 0.875. The lowest BCUT2D eigenvalue weighted by atomic mass is 9.71. The quantitative estimate of drug-likeness (QED) is 0.552. The van der Waals surface area contributed by atoms with Gasteiger partial charge >= 0.3 is 0 Å². The molecule has 0 atom stereocenters. The minimum Gasteiger partial charge on any atom is -0.344 e. The van der Waals surface area contributed by atoms with E-state index in [0.717, 1.165) is 0 Å². The lowest BCUT2D eigenvalue weighted by Crippen LogP contribution is -2.25. The van der Waals surface area contributed by atoms with Crippen LogP contribution in [0.15, 0.2) is 0 Å². The van der Waals surface area contributed by atoms with Gasteiger partial charge in [-0.05, 0) is 10.8 Å². The Kier molecular flexibility index (Phi) is 6.49. The van der Waals surface area contributed by atoms with Crippen molar-refractivity contribution in [3.63, 3.8) is 0 Å². The third-order valence-corrected chi connectivity index (χ3v) is 2.25. The van der Waals surface area contributed by atoms with Crippen molar-refractivity contribution in [1.82, 2.24) is 12.3 Å². The Morgan fingerprint density at radius 1 is 0.500 bits per heavy atom. The lowest BCUT2D eigenvalue weighted by molar-refractivity contribution is 0.157. The first-order valence-corrected chi connectivity index (χ1v) is 3.25. The van der Waals surface area contributed by atoms with Gasteiger partial charge in [-0.15, -0.1) is 0 Å². The van der Waals surface area contributed by atoms with Gasteiger partial charge in [-0.1, -0.05) is 41.5 Å². The maximum Gasteiger partial charge on any atom is -0.0334 e. The van der Waals surface area contributed by atoms with Crippen LogP contribution < -0.4 is 12.3 Å². The predicted octanol–water partition coefficient (Wildman–Crippen LogP) is 3.40. The van der Waals surface area contributed by atoms with Crippen molar-refractivity contribution in [3.05, 3.63) is 0 Å². The smallest absolute Gasteiger partial charge is 0.0334 e. The Morgan fingerprint density at radius 3 is 0.600 bits per heavy atom. The van der Waals surface area contributed by atoms with Crippen molar-refractivity contribution < 1.29 is 0 Å². The van der Waals surface area contributed by atoms with E-state index < -0.39 is 0 Å². The Hall–Kier alpha value is -0.0800. The van der Waals surface area contributed by atoms with E-state index in [-0.39, 0.29) is 12.3 Å². The first-order valence-electron chi connectivity index (χ1n) is 3.25. The molecular weight excluding hydrogens is 124 g/mol. The van der Waals surface area contributed by atoms with Crippen molar-refractivity contribution >= 4 is 0 Å². The van der Waals surface area contributed by atoms with Gasteiger partial charge in [0.1, 0.15) is 0 Å². The molecule has 0 aromatic rings. The van der Waals surface area contributed by atoms with Gasteiger partial charge < -0.3 is 12.3 Å². The molecule has 6 N–H and O–H groups in total. The van der Waals surface area contributed by atoms with E-state index in [9.17, 15) is 0 Å². The van der Waals surface area contributed by atoms with Gasteiger partial charge in [-0.25, -0.2) is 0 Å². The van der Waals surface area contributed by atoms with Crippen LogP contribution in [0.4, 0.5) is 0 Å². The second-order valence-corrected chi connectivity index (χ2v) is 4.50. The first-order chi connectivity index (χ1) is 3.25. The second kappa shape index (κ2) is 3.94. The van der Waals surface area contributed by atoms with Gasteiger partial charge in [0.05, 0.1) is 0 Å². The summed E-state index contributed by atoms with van der Waals surface area (Å²) in [5.74, 6) is 0. The number of hydrogen-bond donors (Lipinski definition) is 2. The van der Waals surface area contributed by atoms with Crippen LogP contribution in [0.1, 0.15) is 41.5 Å². The van der Waals surface area contributed by atoms with Crippen LogP contribution in [0.25, 0.3) is 0 Å². The van der Waals surface area contributed by atoms with Crippen LogP contribution in [0.3, 0.4) is 0 Å². The molecule has 0 aromatic carbocycles. The van der Waals surface area contributed by atoms with Crippen LogP contribution in [0.5, 0.6) is 0 Å². The topological polar surface area (TPSA) is 70.0 Å². The molecule has 0 spiro atoms. The van der Waals surface area contributed by atoms with E-state index in [1.807, 2.05) is 0 Å². The SMILES string of the molecule is CC(C)(C)C(C)(C)C.N.N. The number of rotatable bonds is 0. The monoisotopic (exact) mass is 148 g/mol. The van der Waals surface area contributed by atoms with Crippen LogP contribution in [0.2, 0.25) is 0 Å². The average Bonchev–Trinajstić information content (AvgIpc) is 1.25. The minimum absolute atomic E-state index is 0. The summed E-state index contributed by atoms with van der Waals surface area (Å²) in [5, 5.41) is 0. The fraction of sp³-hybridized carbons (Fsp3) is 1.00. The van der Waals surface area contributed by atoms with E-state index in [4.69, 9.17) is 0 Å². The fourth-order valence-corrected chi connectivity index (χ4v) is 0. The van der Waals surface area contributed by atoms with Crippen molar-refractivity contribution in [2.45, 2.75) is 41.5 Å². The molecule has 0 aliphatic heterocycles. The molecule has 0 saturated carbocycles. The first kappa shape index (κ1) is 16.5. The molecule has 0 aliphatic carbocycles. The zero-order chi connectivity index (χ0) is 7.00. The highest BCUT2D eigenvalue weighted by molar-refractivity contribution is 4.76. The highest BCUT2D eigenvalue weighted by Gasteiger charge is 2.26. The molecule has 66 valence electrons. The molecule has 0 rings (SSSR count). The van der Waals surface area contributed by atoms with Gasteiger partial charge in [0, 0.05) is 0 Å². The third kappa shape index (κ3) is 4.77. The van der Waals surface area contributed by atoms with Crippen LogP contribution in [0, 0.1) is 10.8 Å². The summed E-state index contributed by atoms with van der Waals surface area (Å²) in [4.78, 5) is 0. The van der Waals surface area contributed by atoms with E-state index in [1.54, 1.807) is 0 Å². The maximum absolute atomic E-state index is 2.27. The lowest BCUT2D eigenvalue weighted by Gasteiger charge is -2.34. The van der Waals surface area contributed by atoms with Gasteiger partial charge in [0.2, 0.25) is 0 Å². The summed E-state index contributed by atoms with van der Waals surface area (Å²) in [6.45, 7) is 13.6. The molecular formula is C8H24N2. The van der Waals surface area contributed by atoms with Gasteiger partial charge in [-0.3, -0.25) is 0 Å². The summed E-state index contributed by atoms with van der Waals surface area (Å²) in [6.07, 6.45) is 0. The van der Waals surface area contributed by atoms with Gasteiger partial charge in [0.25, 0.3) is 0 Å². The molecule has 0 fully saturated rings. The molecule has 2 heteroatoms. The summed E-state index contributed by atoms with van der Waals surface area (Å²) < 4.78 is 0. The average molecular weight is 148 g/mol. The molecule has 0 aliphatic rings. The van der Waals surface area contributed by atoms with Crippen LogP contribution in [-0.2, 0) is 0 Å². The van der Waals surface area contributed by atoms with Gasteiger partial charge in [-0.2, -0.15) is 0 Å². The van der Waals surface area contributed by atoms with E-state index in [1.165, 1.54) is 0 Å². The Bertz CT molecular complexity index is 62.2. The molecule has 0 saturated heterocycles. The summed E-state index contributed by atoms with van der Waals surface area (Å²) >= 11 is 0. The van der Waals surface area contributed by atoms with Gasteiger partial charge in [0.15, 0.2) is 0 Å². The van der Waals surface area contributed by atoms with Crippen molar-refractivity contribution in [3.8, 4) is 0 Å². The largest absolute Gasteiger partial charge is 0.344 e. The fourth-order valence-electron chi connectivity index (χ4n) is 0. The molecule has 0 bridgehead atoms. The summed E-state index contributed by atoms with van der Waals surface area (Å²) in [7, 11) is 0. The molecule has 0 unspecified atom stereocenters. The van der Waals surface area contributed by atoms with Crippen LogP contribution >= 0.6 is 0 Å². The Morgan fingerprint density at radius 2 is 0.600 bits per heavy atom. The highest BCUT2D eigenvalue weighted by Crippen LogP contribution is 2.36. The Labute approximate surface area is 65.6 Å². The molecule has 0 aromatic heterocycles. The number of hydrogen-bond acceptors (Lipinski definition) is 2. The van der Waals surface area contributed by atoms with Crippen LogP contribution in [-0.4, -0.2) is 0 Å². The Balaban J connectivity index is -0.000000245. The van der Waals surface area contributed by atoms with Crippen molar-refractivity contribution in [2.24, 2.45) is 10.8 Å². The summed E-state index contributed by atoms with van der Waals surface area (Å²) in [6, 6.07) is 0. The molecule has 2 nitrogen and oxygen atoms in total. The van der Waals surface area contributed by atoms with E-state index >= 15 is 0 Å². The zero-order valence-corrected chi connectivity index (χ0v) is 8.41. The predicted molar refractivity (Wildman–Crippen MR) is 49.0 cm³/mol. The van der Waals surface area contributed by atoms with Crippen molar-refractivity contribution in [2.75, 3.05) is 0 Å². The second-order valence-electron chi connectivity index (χ2n) is 4.50. The maximum atomic E-state index is 2.27.